The SMILES string of the molecule is CC(=NNC(=O)c1ccccc1NC(=O)c1cccs1)c1cccc([N+](=O)[O-])c1. The minimum absolute atomic E-state index is 0.0648. The summed E-state index contributed by atoms with van der Waals surface area (Å²) in [4.78, 5) is 35.8. The topological polar surface area (TPSA) is 114 Å². The van der Waals surface area contributed by atoms with Crippen molar-refractivity contribution in [1.29, 1.82) is 0 Å². The Morgan fingerprint density at radius 1 is 1.03 bits per heavy atom. The number of benzene rings is 2. The Morgan fingerprint density at radius 2 is 1.83 bits per heavy atom. The third kappa shape index (κ3) is 4.90. The van der Waals surface area contributed by atoms with E-state index in [-0.39, 0.29) is 17.2 Å². The second-order valence-corrected chi connectivity index (χ2v) is 6.87. The van der Waals surface area contributed by atoms with Gasteiger partial charge in [-0.05, 0) is 30.5 Å². The summed E-state index contributed by atoms with van der Waals surface area (Å²) in [5.41, 5.74) is 3.87. The number of nitrogens with zero attached hydrogens (tertiary/aromatic N) is 2. The van der Waals surface area contributed by atoms with E-state index in [9.17, 15) is 19.7 Å². The summed E-state index contributed by atoms with van der Waals surface area (Å²) in [7, 11) is 0. The van der Waals surface area contributed by atoms with Crippen LogP contribution in [0.5, 0.6) is 0 Å². The Hall–Kier alpha value is -3.85. The molecule has 29 heavy (non-hydrogen) atoms. The zero-order chi connectivity index (χ0) is 20.8. The highest BCUT2D eigenvalue weighted by Gasteiger charge is 2.15. The molecule has 0 saturated heterocycles. The molecule has 0 atom stereocenters. The van der Waals surface area contributed by atoms with Crippen LogP contribution >= 0.6 is 11.3 Å². The van der Waals surface area contributed by atoms with Gasteiger partial charge >= 0.3 is 0 Å². The number of carbonyl (C=O) groups is 2. The van der Waals surface area contributed by atoms with E-state index in [2.05, 4.69) is 15.8 Å². The number of carbonyl (C=O) groups excluding carboxylic acids is 2. The van der Waals surface area contributed by atoms with Crippen molar-refractivity contribution in [2.24, 2.45) is 5.10 Å². The predicted octanol–water partition coefficient (Wildman–Crippen LogP) is 4.06. The summed E-state index contributed by atoms with van der Waals surface area (Å²) in [5.74, 6) is -0.826. The lowest BCUT2D eigenvalue weighted by atomic mass is 10.1. The van der Waals surface area contributed by atoms with E-state index in [1.165, 1.54) is 23.5 Å². The van der Waals surface area contributed by atoms with Crippen molar-refractivity contribution in [3.8, 4) is 0 Å². The number of thiophene rings is 1. The Balaban J connectivity index is 1.76. The fourth-order valence-corrected chi connectivity index (χ4v) is 3.10. The molecule has 0 aliphatic heterocycles. The standard InChI is InChI=1S/C20H16N4O4S/c1-13(14-6-4-7-15(12-14)24(27)28)22-23-19(25)16-8-2-3-9-17(16)21-20(26)18-10-5-11-29-18/h2-12H,1H3,(H,21,26)(H,23,25). The number of non-ortho nitro benzene ring substituents is 1. The maximum atomic E-state index is 12.6. The van der Waals surface area contributed by atoms with Crippen molar-refractivity contribution in [3.05, 3.63) is 92.2 Å². The molecule has 3 aromatic rings. The maximum Gasteiger partial charge on any atom is 0.273 e. The minimum Gasteiger partial charge on any atom is -0.321 e. The fourth-order valence-electron chi connectivity index (χ4n) is 2.49. The molecule has 2 N–H and O–H groups in total. The number of nitrogens with one attached hydrogen (secondary N) is 2. The van der Waals surface area contributed by atoms with Crippen LogP contribution in [0.25, 0.3) is 0 Å². The van der Waals surface area contributed by atoms with E-state index in [0.717, 1.165) is 0 Å². The van der Waals surface area contributed by atoms with Gasteiger partial charge in [0.15, 0.2) is 0 Å². The molecule has 3 rings (SSSR count). The van der Waals surface area contributed by atoms with Crippen molar-refractivity contribution in [2.45, 2.75) is 6.92 Å². The molecular weight excluding hydrogens is 392 g/mol. The molecular formula is C20H16N4O4S. The fraction of sp³-hybridized carbons (Fsp3) is 0.0500. The number of hydrogen-bond donors (Lipinski definition) is 2. The summed E-state index contributed by atoms with van der Waals surface area (Å²) in [6.07, 6.45) is 0. The molecule has 0 bridgehead atoms. The van der Waals surface area contributed by atoms with E-state index in [4.69, 9.17) is 0 Å². The first-order chi connectivity index (χ1) is 14.0. The van der Waals surface area contributed by atoms with Crippen molar-refractivity contribution < 1.29 is 14.5 Å². The van der Waals surface area contributed by atoms with Crippen LogP contribution in [0.4, 0.5) is 11.4 Å². The third-order valence-corrected chi connectivity index (χ3v) is 4.83. The van der Waals surface area contributed by atoms with Crippen LogP contribution in [0.3, 0.4) is 0 Å². The molecule has 0 spiro atoms. The maximum absolute atomic E-state index is 12.6. The quantitative estimate of drug-likeness (QED) is 0.364. The number of hydrogen-bond acceptors (Lipinski definition) is 6. The lowest BCUT2D eigenvalue weighted by molar-refractivity contribution is -0.384. The highest BCUT2D eigenvalue weighted by Crippen LogP contribution is 2.18. The highest BCUT2D eigenvalue weighted by molar-refractivity contribution is 7.12. The van der Waals surface area contributed by atoms with Crippen LogP contribution in [0.15, 0.2) is 71.1 Å². The average molecular weight is 408 g/mol. The number of nitro benzene ring substituents is 1. The predicted molar refractivity (Wildman–Crippen MR) is 111 cm³/mol. The van der Waals surface area contributed by atoms with Crippen LogP contribution in [0.1, 0.15) is 32.5 Å². The first-order valence-corrected chi connectivity index (χ1v) is 9.37. The number of nitro groups is 1. The Bertz CT molecular complexity index is 1090. The summed E-state index contributed by atoms with van der Waals surface area (Å²) in [6.45, 7) is 1.63. The lowest BCUT2D eigenvalue weighted by Crippen LogP contribution is -2.22. The monoisotopic (exact) mass is 408 g/mol. The number of rotatable bonds is 6. The first-order valence-electron chi connectivity index (χ1n) is 8.49. The van der Waals surface area contributed by atoms with Gasteiger partial charge in [-0.2, -0.15) is 5.10 Å². The summed E-state index contributed by atoms with van der Waals surface area (Å²) >= 11 is 1.30. The smallest absolute Gasteiger partial charge is 0.273 e. The molecule has 9 heteroatoms. The number of anilines is 1. The molecule has 8 nitrogen and oxygen atoms in total. The summed E-state index contributed by atoms with van der Waals surface area (Å²) < 4.78 is 0. The normalized spacial score (nSPS) is 11.0. The third-order valence-electron chi connectivity index (χ3n) is 3.96. The highest BCUT2D eigenvalue weighted by atomic mass is 32.1. The van der Waals surface area contributed by atoms with Crippen LogP contribution in [0, 0.1) is 10.1 Å². The van der Waals surface area contributed by atoms with Gasteiger partial charge in [0.1, 0.15) is 0 Å². The zero-order valence-electron chi connectivity index (χ0n) is 15.3. The molecule has 1 heterocycles. The Morgan fingerprint density at radius 3 is 2.55 bits per heavy atom. The molecule has 2 aromatic carbocycles. The average Bonchev–Trinajstić information content (AvgIpc) is 3.27. The molecule has 0 aliphatic rings. The number of amides is 2. The van der Waals surface area contributed by atoms with E-state index >= 15 is 0 Å². The van der Waals surface area contributed by atoms with Gasteiger partial charge < -0.3 is 5.32 Å². The van der Waals surface area contributed by atoms with Crippen molar-refractivity contribution in [3.63, 3.8) is 0 Å². The van der Waals surface area contributed by atoms with Crippen LogP contribution < -0.4 is 10.7 Å². The van der Waals surface area contributed by atoms with E-state index < -0.39 is 10.8 Å². The minimum atomic E-state index is -0.517. The molecule has 0 unspecified atom stereocenters. The first kappa shape index (κ1) is 19.9. The zero-order valence-corrected chi connectivity index (χ0v) is 16.1. The van der Waals surface area contributed by atoms with Gasteiger partial charge in [-0.15, -0.1) is 11.3 Å². The van der Waals surface area contributed by atoms with Gasteiger partial charge in [0.25, 0.3) is 17.5 Å². The molecule has 0 saturated carbocycles. The van der Waals surface area contributed by atoms with Crippen molar-refractivity contribution in [1.82, 2.24) is 5.43 Å². The van der Waals surface area contributed by atoms with Crippen LogP contribution in [-0.4, -0.2) is 22.4 Å². The van der Waals surface area contributed by atoms with Gasteiger partial charge in [-0.1, -0.05) is 30.3 Å². The van der Waals surface area contributed by atoms with Gasteiger partial charge in [-0.25, -0.2) is 5.43 Å². The van der Waals surface area contributed by atoms with Gasteiger partial charge in [-0.3, -0.25) is 19.7 Å². The second-order valence-electron chi connectivity index (χ2n) is 5.92. The molecule has 0 radical (unpaired) electrons. The number of para-hydroxylation sites is 1. The van der Waals surface area contributed by atoms with Gasteiger partial charge in [0.05, 0.1) is 26.8 Å². The molecule has 146 valence electrons. The molecule has 2 amide bonds. The van der Waals surface area contributed by atoms with Crippen LogP contribution in [-0.2, 0) is 0 Å². The second kappa shape index (κ2) is 8.89. The molecule has 0 fully saturated rings. The number of hydrazone groups is 1. The van der Waals surface area contributed by atoms with Crippen LogP contribution in [0.2, 0.25) is 0 Å². The van der Waals surface area contributed by atoms with E-state index in [0.29, 0.717) is 21.8 Å². The molecule has 1 aromatic heterocycles. The van der Waals surface area contributed by atoms with Gasteiger partial charge in [0.2, 0.25) is 0 Å². The largest absolute Gasteiger partial charge is 0.321 e. The van der Waals surface area contributed by atoms with Gasteiger partial charge in [0, 0.05) is 17.7 Å². The summed E-state index contributed by atoms with van der Waals surface area (Å²) in [6, 6.07) is 16.0. The lowest BCUT2D eigenvalue weighted by Gasteiger charge is -2.09. The Kier molecular flexibility index (Phi) is 6.10. The summed E-state index contributed by atoms with van der Waals surface area (Å²) in [5, 5.41) is 19.4. The van der Waals surface area contributed by atoms with E-state index in [1.807, 2.05) is 0 Å². The van der Waals surface area contributed by atoms with Crippen molar-refractivity contribution >= 4 is 40.2 Å². The van der Waals surface area contributed by atoms with Crippen molar-refractivity contribution in [2.75, 3.05) is 5.32 Å². The molecule has 0 aliphatic carbocycles. The Labute approximate surface area is 170 Å². The van der Waals surface area contributed by atoms with E-state index in [1.54, 1.807) is 60.8 Å².